The van der Waals surface area contributed by atoms with Crippen LogP contribution in [0, 0.1) is 17.0 Å². The van der Waals surface area contributed by atoms with Crippen molar-refractivity contribution >= 4 is 74.8 Å². The summed E-state index contributed by atoms with van der Waals surface area (Å²) in [4.78, 5) is 50.0. The molecule has 0 radical (unpaired) electrons. The number of phenolic OH excluding ortho intramolecular Hbond substituents is 1. The molecule has 0 fully saturated rings. The Morgan fingerprint density at radius 3 is 2.57 bits per heavy atom. The number of aliphatic carboxylic acids is 1. The van der Waals surface area contributed by atoms with Gasteiger partial charge in [0.25, 0.3) is 0 Å². The number of aromatic nitrogens is 1. The van der Waals surface area contributed by atoms with Crippen molar-refractivity contribution in [3.63, 3.8) is 0 Å². The first-order valence-electron chi connectivity index (χ1n) is 10.2. The van der Waals surface area contributed by atoms with Crippen molar-refractivity contribution in [3.8, 4) is 5.75 Å². The van der Waals surface area contributed by atoms with Gasteiger partial charge in [-0.2, -0.15) is 0 Å². The molecule has 0 aliphatic carbocycles. The van der Waals surface area contributed by atoms with E-state index in [0.29, 0.717) is 18.8 Å². The molecule has 14 heteroatoms. The summed E-state index contributed by atoms with van der Waals surface area (Å²) in [5, 5.41) is 38.5. The second kappa shape index (κ2) is 14.6. The van der Waals surface area contributed by atoms with Crippen molar-refractivity contribution in [1.82, 2.24) is 15.6 Å². The first-order valence-corrected chi connectivity index (χ1v) is 11.0. The molecular formula is C21H25BrN5NaO7. The Hall–Kier alpha value is -2.74. The summed E-state index contributed by atoms with van der Waals surface area (Å²) < 4.78 is 0.222. The third-order valence-corrected chi connectivity index (χ3v) is 5.08. The van der Waals surface area contributed by atoms with E-state index in [4.69, 9.17) is 0 Å². The van der Waals surface area contributed by atoms with Crippen LogP contribution < -0.4 is 16.0 Å². The van der Waals surface area contributed by atoms with E-state index in [1.54, 1.807) is 6.20 Å². The van der Waals surface area contributed by atoms with Crippen LogP contribution in [0.2, 0.25) is 0 Å². The maximum absolute atomic E-state index is 12.3. The number of nitro benzene ring substituents is 1. The van der Waals surface area contributed by atoms with Crippen LogP contribution in [0.15, 0.2) is 34.9 Å². The molecule has 0 aliphatic heterocycles. The van der Waals surface area contributed by atoms with Gasteiger partial charge in [0.15, 0.2) is 5.75 Å². The number of benzene rings is 1. The van der Waals surface area contributed by atoms with Gasteiger partial charge in [0, 0.05) is 35.3 Å². The zero-order valence-electron chi connectivity index (χ0n) is 18.2. The van der Waals surface area contributed by atoms with Crippen LogP contribution >= 0.6 is 15.9 Å². The van der Waals surface area contributed by atoms with E-state index in [9.17, 15) is 34.7 Å². The van der Waals surface area contributed by atoms with Crippen LogP contribution in [0.4, 0.5) is 11.5 Å². The van der Waals surface area contributed by atoms with Gasteiger partial charge in [-0.1, -0.05) is 15.9 Å². The van der Waals surface area contributed by atoms with Gasteiger partial charge < -0.3 is 26.2 Å². The summed E-state index contributed by atoms with van der Waals surface area (Å²) in [5.74, 6) is -2.46. The molecule has 0 bridgehead atoms. The van der Waals surface area contributed by atoms with E-state index in [1.165, 1.54) is 6.07 Å². The number of nitrogens with one attached hydrogen (secondary N) is 3. The zero-order valence-corrected chi connectivity index (χ0v) is 19.8. The normalized spacial score (nSPS) is 11.0. The Kier molecular flexibility index (Phi) is 12.6. The molecule has 0 saturated heterocycles. The monoisotopic (exact) mass is 561 g/mol. The average molecular weight is 562 g/mol. The molecule has 184 valence electrons. The number of nitro groups is 1. The standard InChI is InChI=1S/C21H24BrN5O7.Na.H/c1-12-4-6-24-17(7-12)23-5-2-3-18(28)25-11-19(29)26-15(10-20(30)31)14-8-13(22)9-16(21(14)32)27(33)34;;/h4,6-9,15,32H,2-3,5,10-11H2,1H3,(H,23,24)(H,25,28)(H,26,29)(H,30,31);;. The number of carboxylic acid groups (broad SMARTS) is 1. The van der Waals surface area contributed by atoms with Gasteiger partial charge >= 0.3 is 41.2 Å². The molecule has 2 rings (SSSR count). The predicted octanol–water partition coefficient (Wildman–Crippen LogP) is 1.76. The van der Waals surface area contributed by atoms with E-state index in [0.717, 1.165) is 11.6 Å². The zero-order chi connectivity index (χ0) is 25.3. The van der Waals surface area contributed by atoms with Gasteiger partial charge in [-0.05, 0) is 37.1 Å². The van der Waals surface area contributed by atoms with Gasteiger partial charge in [-0.15, -0.1) is 0 Å². The SMILES string of the molecule is Cc1ccnc(NCCCC(=O)NCC(=O)NC(CC(=O)O)c2cc(Br)cc([N+](=O)[O-])c2O)c1.[NaH]. The number of hydrogen-bond donors (Lipinski definition) is 5. The van der Waals surface area contributed by atoms with E-state index in [1.807, 2.05) is 19.1 Å². The molecule has 0 spiro atoms. The fraction of sp³-hybridized carbons (Fsp3) is 0.333. The molecule has 1 aromatic carbocycles. The molecule has 1 heterocycles. The molecule has 2 aromatic rings. The molecule has 2 amide bonds. The molecular weight excluding hydrogens is 537 g/mol. The number of phenols is 1. The van der Waals surface area contributed by atoms with E-state index >= 15 is 0 Å². The number of amides is 2. The number of carboxylic acids is 1. The number of carbonyl (C=O) groups excluding carboxylic acids is 2. The average Bonchev–Trinajstić information content (AvgIpc) is 2.75. The van der Waals surface area contributed by atoms with Crippen molar-refractivity contribution in [2.24, 2.45) is 0 Å². The first-order chi connectivity index (χ1) is 16.1. The van der Waals surface area contributed by atoms with Crippen molar-refractivity contribution in [1.29, 1.82) is 0 Å². The molecule has 1 unspecified atom stereocenters. The molecule has 1 aromatic heterocycles. The summed E-state index contributed by atoms with van der Waals surface area (Å²) >= 11 is 3.07. The van der Waals surface area contributed by atoms with Gasteiger partial charge in [0.2, 0.25) is 11.8 Å². The van der Waals surface area contributed by atoms with Gasteiger partial charge in [-0.25, -0.2) is 4.98 Å². The van der Waals surface area contributed by atoms with E-state index < -0.39 is 47.2 Å². The van der Waals surface area contributed by atoms with Crippen LogP contribution in [0.1, 0.15) is 36.4 Å². The first kappa shape index (κ1) is 30.3. The maximum atomic E-state index is 12.3. The van der Waals surface area contributed by atoms with Crippen LogP contribution in [0.5, 0.6) is 5.75 Å². The number of hydrogen-bond acceptors (Lipinski definition) is 8. The van der Waals surface area contributed by atoms with Crippen LogP contribution in [0.3, 0.4) is 0 Å². The van der Waals surface area contributed by atoms with E-state index in [-0.39, 0.29) is 51.9 Å². The summed E-state index contributed by atoms with van der Waals surface area (Å²) in [6.07, 6.45) is 1.66. The quantitative estimate of drug-likeness (QED) is 0.111. The minimum atomic E-state index is -1.30. The number of pyridine rings is 1. The van der Waals surface area contributed by atoms with Gasteiger partial charge in [-0.3, -0.25) is 24.5 Å². The van der Waals surface area contributed by atoms with Gasteiger partial charge in [0.1, 0.15) is 5.82 Å². The van der Waals surface area contributed by atoms with Crippen LogP contribution in [-0.4, -0.2) is 80.6 Å². The Morgan fingerprint density at radius 1 is 1.23 bits per heavy atom. The third-order valence-electron chi connectivity index (χ3n) is 4.62. The minimum absolute atomic E-state index is 0. The Morgan fingerprint density at radius 2 is 1.94 bits per heavy atom. The predicted molar refractivity (Wildman–Crippen MR) is 132 cm³/mol. The number of nitrogens with zero attached hydrogens (tertiary/aromatic N) is 2. The number of aryl methyl sites for hydroxylation is 1. The fourth-order valence-corrected chi connectivity index (χ4v) is 3.50. The number of halogens is 1. The summed E-state index contributed by atoms with van der Waals surface area (Å²) in [5.41, 5.74) is 0.268. The van der Waals surface area contributed by atoms with Crippen molar-refractivity contribution in [3.05, 3.63) is 56.2 Å². The number of anilines is 1. The molecule has 0 saturated carbocycles. The number of rotatable bonds is 12. The summed E-state index contributed by atoms with van der Waals surface area (Å²) in [6.45, 7) is 2.00. The number of aromatic hydroxyl groups is 1. The molecule has 0 aliphatic rings. The van der Waals surface area contributed by atoms with Crippen LogP contribution in [-0.2, 0) is 14.4 Å². The Labute approximate surface area is 231 Å². The summed E-state index contributed by atoms with van der Waals surface area (Å²) in [7, 11) is 0. The second-order valence-electron chi connectivity index (χ2n) is 7.36. The molecule has 12 nitrogen and oxygen atoms in total. The second-order valence-corrected chi connectivity index (χ2v) is 8.28. The third kappa shape index (κ3) is 10.2. The van der Waals surface area contributed by atoms with Crippen molar-refractivity contribution in [2.45, 2.75) is 32.2 Å². The summed E-state index contributed by atoms with van der Waals surface area (Å²) in [6, 6.07) is 4.82. The van der Waals surface area contributed by atoms with Crippen molar-refractivity contribution < 1.29 is 29.5 Å². The van der Waals surface area contributed by atoms with Crippen molar-refractivity contribution in [2.75, 3.05) is 18.4 Å². The Bertz CT molecular complexity index is 1090. The van der Waals surface area contributed by atoms with Gasteiger partial charge in [0.05, 0.1) is 23.9 Å². The number of carbonyl (C=O) groups is 3. The fourth-order valence-electron chi connectivity index (χ4n) is 3.03. The molecule has 5 N–H and O–H groups in total. The molecule has 35 heavy (non-hydrogen) atoms. The van der Waals surface area contributed by atoms with Crippen LogP contribution in [0.25, 0.3) is 0 Å². The Balaban J connectivity index is 0.00000612. The molecule has 1 atom stereocenters. The van der Waals surface area contributed by atoms with E-state index in [2.05, 4.69) is 36.9 Å². The topological polar surface area (TPSA) is 184 Å².